The summed E-state index contributed by atoms with van der Waals surface area (Å²) in [6.07, 6.45) is 16.7. The molecule has 2 heterocycles. The molecule has 240 valence electrons. The maximum absolute atomic E-state index is 2.76. The van der Waals surface area contributed by atoms with Crippen molar-refractivity contribution in [3.8, 4) is 0 Å². The molecule has 2 aromatic rings. The average molecular weight is 800 g/mol. The van der Waals surface area contributed by atoms with Crippen LogP contribution in [0.5, 0.6) is 0 Å². The van der Waals surface area contributed by atoms with Crippen molar-refractivity contribution >= 4 is 55.3 Å². The standard InChI is InChI=1S/C15H12N2.6C4H9.2Sn/c1-3-7-14-12(5-1)9-16-11-17(14)10-13-6-2-4-8-15(13)16;6*1-3-4-2;;/h3-8H,9-11H2;6*1,3-4H2,2H3;;. The normalized spacial score (nSPS) is 14.7. The zero-order valence-corrected chi connectivity index (χ0v) is 34.9. The summed E-state index contributed by atoms with van der Waals surface area (Å²) in [5, 5.41) is 0. The van der Waals surface area contributed by atoms with Crippen LogP contribution in [0.3, 0.4) is 0 Å². The van der Waals surface area contributed by atoms with E-state index in [0.717, 1.165) is 19.8 Å². The Bertz CT molecular complexity index is 997. The molecule has 0 aliphatic carbocycles. The predicted molar refractivity (Wildman–Crippen MR) is 199 cm³/mol. The second-order valence-corrected chi connectivity index (χ2v) is 40.9. The maximum atomic E-state index is 2.76. The molecule has 0 fully saturated rings. The van der Waals surface area contributed by atoms with Crippen LogP contribution >= 0.6 is 0 Å². The van der Waals surface area contributed by atoms with Crippen molar-refractivity contribution in [1.29, 1.82) is 0 Å². The van der Waals surface area contributed by atoms with Crippen LogP contribution in [-0.4, -0.2) is 43.4 Å². The van der Waals surface area contributed by atoms with E-state index in [0.29, 0.717) is 0 Å². The van der Waals surface area contributed by atoms with E-state index in [9.17, 15) is 0 Å². The van der Waals surface area contributed by atoms with Gasteiger partial charge < -0.3 is 0 Å². The minimum atomic E-state index is -2.44. The van der Waals surface area contributed by atoms with E-state index in [1.165, 1.54) is 88.4 Å². The molecule has 0 radical (unpaired) electrons. The van der Waals surface area contributed by atoms with E-state index in [-0.39, 0.29) is 0 Å². The molecule has 0 N–H and O–H groups in total. The molecule has 4 heteroatoms. The Morgan fingerprint density at radius 1 is 0.465 bits per heavy atom. The Balaban J connectivity index is 1.66. The van der Waals surface area contributed by atoms with Crippen LogP contribution in [0, 0.1) is 0 Å². The van der Waals surface area contributed by atoms with Gasteiger partial charge in [-0.05, 0) is 0 Å². The van der Waals surface area contributed by atoms with E-state index in [1.807, 2.05) is 7.16 Å². The molecule has 2 bridgehead atoms. The summed E-state index contributed by atoms with van der Waals surface area (Å²) >= 11 is -4.88. The fourth-order valence-electron chi connectivity index (χ4n) is 8.45. The molecule has 2 aromatic carbocycles. The van der Waals surface area contributed by atoms with Crippen molar-refractivity contribution in [1.82, 2.24) is 0 Å². The van der Waals surface area contributed by atoms with Gasteiger partial charge in [-0.1, -0.05) is 0 Å². The Morgan fingerprint density at radius 2 is 0.767 bits per heavy atom. The van der Waals surface area contributed by atoms with Crippen molar-refractivity contribution in [2.75, 3.05) is 16.5 Å². The van der Waals surface area contributed by atoms with E-state index in [4.69, 9.17) is 0 Å². The van der Waals surface area contributed by atoms with Crippen molar-refractivity contribution in [2.24, 2.45) is 0 Å². The van der Waals surface area contributed by atoms with Gasteiger partial charge in [0.1, 0.15) is 0 Å². The zero-order valence-electron chi connectivity index (χ0n) is 29.2. The molecule has 2 aliphatic heterocycles. The number of anilines is 2. The van der Waals surface area contributed by atoms with Crippen LogP contribution in [0.2, 0.25) is 26.6 Å². The first kappa shape index (κ1) is 35.5. The van der Waals surface area contributed by atoms with Gasteiger partial charge in [-0.25, -0.2) is 0 Å². The molecule has 0 unspecified atom stereocenters. The summed E-state index contributed by atoms with van der Waals surface area (Å²) < 4.78 is 13.1. The van der Waals surface area contributed by atoms with Gasteiger partial charge in [-0.15, -0.1) is 0 Å². The van der Waals surface area contributed by atoms with Crippen LogP contribution in [-0.2, 0) is 13.1 Å². The first-order valence-electron chi connectivity index (χ1n) is 18.8. The molecule has 0 aromatic heterocycles. The van der Waals surface area contributed by atoms with Crippen LogP contribution in [0.25, 0.3) is 0 Å². The molecule has 4 rings (SSSR count). The molecule has 0 atom stereocenters. The molecule has 0 spiro atoms. The first-order chi connectivity index (χ1) is 21.0. The van der Waals surface area contributed by atoms with E-state index in [2.05, 4.69) is 87.7 Å². The van der Waals surface area contributed by atoms with Crippen LogP contribution in [0.15, 0.2) is 36.4 Å². The Morgan fingerprint density at radius 3 is 1.05 bits per heavy atom. The summed E-state index contributed by atoms with van der Waals surface area (Å²) in [4.78, 5) is 5.44. The van der Waals surface area contributed by atoms with Crippen LogP contribution in [0.4, 0.5) is 11.4 Å². The van der Waals surface area contributed by atoms with Gasteiger partial charge in [0.2, 0.25) is 0 Å². The fraction of sp³-hybridized carbons (Fsp3) is 0.692. The second kappa shape index (κ2) is 17.5. The van der Waals surface area contributed by atoms with Gasteiger partial charge in [-0.2, -0.15) is 0 Å². The number of rotatable bonds is 20. The molecule has 43 heavy (non-hydrogen) atoms. The zero-order chi connectivity index (χ0) is 30.7. The third-order valence-electron chi connectivity index (χ3n) is 11.2. The van der Waals surface area contributed by atoms with Crippen molar-refractivity contribution < 1.29 is 0 Å². The number of hydrogen-bond donors (Lipinski definition) is 0. The van der Waals surface area contributed by atoms with Crippen molar-refractivity contribution in [2.45, 2.75) is 158 Å². The molecule has 2 aliphatic rings. The topological polar surface area (TPSA) is 6.48 Å². The molecule has 0 amide bonds. The summed E-state index contributed by atoms with van der Waals surface area (Å²) in [5.74, 6) is 0. The van der Waals surface area contributed by atoms with Gasteiger partial charge in [0.25, 0.3) is 0 Å². The van der Waals surface area contributed by atoms with Gasteiger partial charge in [0, 0.05) is 0 Å². The monoisotopic (exact) mass is 802 g/mol. The molecule has 0 saturated heterocycles. The molecule has 2 nitrogen and oxygen atoms in total. The predicted octanol–water partition coefficient (Wildman–Crippen LogP) is 11.1. The Labute approximate surface area is 275 Å². The molecular formula is C39H66N2Sn2. The van der Waals surface area contributed by atoms with Crippen LogP contribution < -0.4 is 17.0 Å². The first-order valence-corrected chi connectivity index (χ1v) is 33.7. The second-order valence-electron chi connectivity index (χ2n) is 14.4. The summed E-state index contributed by atoms with van der Waals surface area (Å²) in [6.45, 7) is 17.7. The van der Waals surface area contributed by atoms with Gasteiger partial charge >= 0.3 is 278 Å². The molecule has 0 saturated carbocycles. The minimum absolute atomic E-state index is 1.06. The molecular weight excluding hydrogens is 734 g/mol. The van der Waals surface area contributed by atoms with Gasteiger partial charge in [-0.3, -0.25) is 0 Å². The van der Waals surface area contributed by atoms with Crippen molar-refractivity contribution in [3.63, 3.8) is 0 Å². The van der Waals surface area contributed by atoms with Crippen LogP contribution in [0.1, 0.15) is 130 Å². The summed E-state index contributed by atoms with van der Waals surface area (Å²) in [6, 6.07) is 16.0. The number of unbranched alkanes of at least 4 members (excludes halogenated alkanes) is 6. The third-order valence-corrected chi connectivity index (χ3v) is 42.4. The SMILES string of the molecule is CCC[CH2][Sn]([CH2]CCC)([CH2]CCC)[c]1ccc2c(c1)CN1CN2Cc2c[c]([Sn]([CH2]CCC)([CH2]CCC)[CH2]CCC)ccc21. The summed E-state index contributed by atoms with van der Waals surface area (Å²) in [7, 11) is 0. The van der Waals surface area contributed by atoms with E-state index in [1.54, 1.807) is 37.7 Å². The van der Waals surface area contributed by atoms with Crippen molar-refractivity contribution in [3.05, 3.63) is 47.5 Å². The number of benzene rings is 2. The van der Waals surface area contributed by atoms with E-state index >= 15 is 0 Å². The number of hydrogen-bond acceptors (Lipinski definition) is 2. The van der Waals surface area contributed by atoms with Gasteiger partial charge in [0.15, 0.2) is 0 Å². The van der Waals surface area contributed by atoms with E-state index < -0.39 is 36.8 Å². The number of fused-ring (bicyclic) bond motifs is 6. The Hall–Kier alpha value is -0.363. The summed E-state index contributed by atoms with van der Waals surface area (Å²) in [5.41, 5.74) is 6.31. The third kappa shape index (κ3) is 8.52. The average Bonchev–Trinajstić information content (AvgIpc) is 3.04. The fourth-order valence-corrected chi connectivity index (χ4v) is 40.6. The number of nitrogens with zero attached hydrogens (tertiary/aromatic N) is 2. The van der Waals surface area contributed by atoms with Gasteiger partial charge in [0.05, 0.1) is 0 Å². The quantitative estimate of drug-likeness (QED) is 0.123. The Kier molecular flexibility index (Phi) is 14.5.